The molecule has 1 aromatic rings. The van der Waals surface area contributed by atoms with Crippen LogP contribution in [0.25, 0.3) is 0 Å². The molecule has 0 heterocycles. The highest BCUT2D eigenvalue weighted by molar-refractivity contribution is 9.10. The van der Waals surface area contributed by atoms with E-state index in [-0.39, 0.29) is 5.82 Å². The summed E-state index contributed by atoms with van der Waals surface area (Å²) < 4.78 is 13.5. The number of hydrogen-bond acceptors (Lipinski definition) is 2. The summed E-state index contributed by atoms with van der Waals surface area (Å²) in [6.07, 6.45) is -0.270. The molecule has 0 bridgehead atoms. The fourth-order valence-electron chi connectivity index (χ4n) is 1.37. The molecular weight excluding hydrogens is 249 g/mol. The number of nitrogens with two attached hydrogens (primary N) is 1. The number of aryl methyl sites for hydroxylation is 1. The van der Waals surface area contributed by atoms with Gasteiger partial charge in [-0.25, -0.2) is 4.39 Å². The lowest BCUT2D eigenvalue weighted by Crippen LogP contribution is -2.09. The fraction of sp³-hybridized carbons (Fsp3) is 0.400. The first-order valence-corrected chi connectivity index (χ1v) is 5.20. The van der Waals surface area contributed by atoms with Crippen LogP contribution in [-0.4, -0.2) is 11.7 Å². The molecule has 0 saturated carbocycles. The SMILES string of the molecule is Cc1ccc(F)c(Br)c1C(O)CCN. The number of rotatable bonds is 3. The topological polar surface area (TPSA) is 46.2 Å². The summed E-state index contributed by atoms with van der Waals surface area (Å²) in [7, 11) is 0. The molecule has 0 radical (unpaired) electrons. The van der Waals surface area contributed by atoms with Gasteiger partial charge < -0.3 is 10.8 Å². The molecule has 4 heteroatoms. The van der Waals surface area contributed by atoms with E-state index in [0.29, 0.717) is 23.0 Å². The Kier molecular flexibility index (Phi) is 4.04. The number of benzene rings is 1. The van der Waals surface area contributed by atoms with E-state index >= 15 is 0 Å². The average molecular weight is 262 g/mol. The van der Waals surface area contributed by atoms with Crippen LogP contribution in [0.2, 0.25) is 0 Å². The van der Waals surface area contributed by atoms with Gasteiger partial charge in [0.25, 0.3) is 0 Å². The minimum Gasteiger partial charge on any atom is -0.388 e. The normalized spacial score (nSPS) is 12.9. The molecule has 0 fully saturated rings. The van der Waals surface area contributed by atoms with Gasteiger partial charge in [0.1, 0.15) is 5.82 Å². The average Bonchev–Trinajstić information content (AvgIpc) is 2.13. The van der Waals surface area contributed by atoms with Crippen molar-refractivity contribution in [3.8, 4) is 0 Å². The summed E-state index contributed by atoms with van der Waals surface area (Å²) in [5.74, 6) is -0.360. The second-order valence-electron chi connectivity index (χ2n) is 3.19. The molecule has 0 saturated heterocycles. The van der Waals surface area contributed by atoms with E-state index in [1.807, 2.05) is 6.92 Å². The highest BCUT2D eigenvalue weighted by atomic mass is 79.9. The summed E-state index contributed by atoms with van der Waals surface area (Å²) in [6, 6.07) is 3.02. The van der Waals surface area contributed by atoms with Crippen molar-refractivity contribution in [1.82, 2.24) is 0 Å². The van der Waals surface area contributed by atoms with E-state index in [2.05, 4.69) is 15.9 Å². The van der Waals surface area contributed by atoms with Crippen LogP contribution in [0, 0.1) is 12.7 Å². The van der Waals surface area contributed by atoms with E-state index in [1.165, 1.54) is 6.07 Å². The zero-order chi connectivity index (χ0) is 10.7. The minimum atomic E-state index is -0.704. The summed E-state index contributed by atoms with van der Waals surface area (Å²) >= 11 is 3.13. The quantitative estimate of drug-likeness (QED) is 0.877. The predicted octanol–water partition coefficient (Wildman–Crippen LogP) is 2.28. The third-order valence-corrected chi connectivity index (χ3v) is 2.93. The van der Waals surface area contributed by atoms with Gasteiger partial charge in [-0.3, -0.25) is 0 Å². The summed E-state index contributed by atoms with van der Waals surface area (Å²) in [4.78, 5) is 0. The Balaban J connectivity index is 3.11. The van der Waals surface area contributed by atoms with Gasteiger partial charge in [0.05, 0.1) is 10.6 Å². The third-order valence-electron chi connectivity index (χ3n) is 2.12. The molecule has 1 unspecified atom stereocenters. The molecule has 78 valence electrons. The van der Waals surface area contributed by atoms with Crippen LogP contribution in [0.15, 0.2) is 16.6 Å². The predicted molar refractivity (Wildman–Crippen MR) is 57.5 cm³/mol. The Morgan fingerprint density at radius 2 is 2.21 bits per heavy atom. The molecule has 0 amide bonds. The first kappa shape index (κ1) is 11.6. The van der Waals surface area contributed by atoms with Gasteiger partial charge in [-0.15, -0.1) is 0 Å². The first-order chi connectivity index (χ1) is 6.57. The van der Waals surface area contributed by atoms with Gasteiger partial charge in [0.15, 0.2) is 0 Å². The zero-order valence-electron chi connectivity index (χ0n) is 7.93. The van der Waals surface area contributed by atoms with Gasteiger partial charge >= 0.3 is 0 Å². The minimum absolute atomic E-state index is 0.332. The maximum Gasteiger partial charge on any atom is 0.137 e. The summed E-state index contributed by atoms with van der Waals surface area (Å²) in [5.41, 5.74) is 6.79. The van der Waals surface area contributed by atoms with Gasteiger partial charge in [-0.2, -0.15) is 0 Å². The first-order valence-electron chi connectivity index (χ1n) is 4.40. The van der Waals surface area contributed by atoms with Gasteiger partial charge in [-0.05, 0) is 47.4 Å². The van der Waals surface area contributed by atoms with Crippen LogP contribution >= 0.6 is 15.9 Å². The molecule has 0 spiro atoms. The van der Waals surface area contributed by atoms with Crippen LogP contribution in [0.1, 0.15) is 23.7 Å². The maximum absolute atomic E-state index is 13.2. The molecule has 3 N–H and O–H groups in total. The van der Waals surface area contributed by atoms with Crippen LogP contribution in [0.3, 0.4) is 0 Å². The standard InChI is InChI=1S/C10H13BrFNO/c1-6-2-3-7(12)10(11)9(6)8(14)4-5-13/h2-3,8,14H,4-5,13H2,1H3. The number of halogens is 2. The van der Waals surface area contributed by atoms with Crippen LogP contribution in [0.4, 0.5) is 4.39 Å². The Hall–Kier alpha value is -0.450. The van der Waals surface area contributed by atoms with Crippen LogP contribution in [0.5, 0.6) is 0 Å². The molecule has 0 aliphatic carbocycles. The lowest BCUT2D eigenvalue weighted by Gasteiger charge is -2.15. The Labute approximate surface area is 91.1 Å². The number of aliphatic hydroxyl groups is 1. The summed E-state index contributed by atoms with van der Waals surface area (Å²) in [6.45, 7) is 2.21. The largest absolute Gasteiger partial charge is 0.388 e. The van der Waals surface area contributed by atoms with Gasteiger partial charge in [0, 0.05) is 5.56 Å². The molecule has 0 aromatic heterocycles. The van der Waals surface area contributed by atoms with Crippen LogP contribution < -0.4 is 5.73 Å². The second-order valence-corrected chi connectivity index (χ2v) is 3.98. The van der Waals surface area contributed by atoms with Crippen molar-refractivity contribution in [3.63, 3.8) is 0 Å². The monoisotopic (exact) mass is 261 g/mol. The highest BCUT2D eigenvalue weighted by Gasteiger charge is 2.15. The zero-order valence-corrected chi connectivity index (χ0v) is 9.51. The van der Waals surface area contributed by atoms with Crippen molar-refractivity contribution in [2.75, 3.05) is 6.54 Å². The molecule has 1 rings (SSSR count). The lowest BCUT2D eigenvalue weighted by atomic mass is 10.0. The maximum atomic E-state index is 13.2. The van der Waals surface area contributed by atoms with E-state index in [9.17, 15) is 9.50 Å². The summed E-state index contributed by atoms with van der Waals surface area (Å²) in [5, 5.41) is 9.73. The van der Waals surface area contributed by atoms with Crippen molar-refractivity contribution in [1.29, 1.82) is 0 Å². The van der Waals surface area contributed by atoms with Crippen molar-refractivity contribution in [3.05, 3.63) is 33.5 Å². The van der Waals surface area contributed by atoms with Gasteiger partial charge in [-0.1, -0.05) is 6.07 Å². The van der Waals surface area contributed by atoms with Crippen LogP contribution in [-0.2, 0) is 0 Å². The smallest absolute Gasteiger partial charge is 0.137 e. The van der Waals surface area contributed by atoms with E-state index < -0.39 is 6.10 Å². The number of aliphatic hydroxyl groups excluding tert-OH is 1. The van der Waals surface area contributed by atoms with Crippen molar-refractivity contribution in [2.24, 2.45) is 5.73 Å². The van der Waals surface area contributed by atoms with Crippen molar-refractivity contribution < 1.29 is 9.50 Å². The fourth-order valence-corrected chi connectivity index (χ4v) is 2.08. The van der Waals surface area contributed by atoms with E-state index in [4.69, 9.17) is 5.73 Å². The Bertz CT molecular complexity index is 330. The molecule has 2 nitrogen and oxygen atoms in total. The highest BCUT2D eigenvalue weighted by Crippen LogP contribution is 2.30. The Morgan fingerprint density at radius 3 is 2.79 bits per heavy atom. The number of hydrogen-bond donors (Lipinski definition) is 2. The van der Waals surface area contributed by atoms with Crippen molar-refractivity contribution >= 4 is 15.9 Å². The molecule has 1 atom stereocenters. The second kappa shape index (κ2) is 4.87. The van der Waals surface area contributed by atoms with Crippen molar-refractivity contribution in [2.45, 2.75) is 19.4 Å². The molecule has 1 aromatic carbocycles. The lowest BCUT2D eigenvalue weighted by molar-refractivity contribution is 0.168. The molecular formula is C10H13BrFNO. The molecule has 0 aliphatic heterocycles. The Morgan fingerprint density at radius 1 is 1.57 bits per heavy atom. The third kappa shape index (κ3) is 2.32. The molecule has 14 heavy (non-hydrogen) atoms. The van der Waals surface area contributed by atoms with Gasteiger partial charge in [0.2, 0.25) is 0 Å². The molecule has 0 aliphatic rings. The van der Waals surface area contributed by atoms with E-state index in [0.717, 1.165) is 5.56 Å². The van der Waals surface area contributed by atoms with E-state index in [1.54, 1.807) is 6.07 Å².